The number of pyridine rings is 3. The molecule has 1 N–H and O–H groups in total. The molecule has 4 rings (SSSR count). The lowest BCUT2D eigenvalue weighted by Gasteiger charge is -2.15. The molecule has 0 bridgehead atoms. The molecule has 0 saturated heterocycles. The summed E-state index contributed by atoms with van der Waals surface area (Å²) in [7, 11) is 1.56. The van der Waals surface area contributed by atoms with Gasteiger partial charge >= 0.3 is 0 Å². The summed E-state index contributed by atoms with van der Waals surface area (Å²) >= 11 is 0. The molecule has 0 aliphatic rings. The second kappa shape index (κ2) is 7.79. The number of nitriles is 1. The van der Waals surface area contributed by atoms with Crippen LogP contribution in [0.5, 0.6) is 5.75 Å². The summed E-state index contributed by atoms with van der Waals surface area (Å²) < 4.78 is 5.33. The lowest BCUT2D eigenvalue weighted by Crippen LogP contribution is -2.12. The first-order chi connectivity index (χ1) is 14.2. The van der Waals surface area contributed by atoms with Gasteiger partial charge in [0, 0.05) is 40.8 Å². The molecular formula is C23H16N4O2. The summed E-state index contributed by atoms with van der Waals surface area (Å²) in [6.45, 7) is 0. The minimum Gasteiger partial charge on any atom is -0.495 e. The van der Waals surface area contributed by atoms with Crippen LogP contribution in [-0.4, -0.2) is 22.1 Å². The second-order valence-electron chi connectivity index (χ2n) is 6.27. The molecule has 0 atom stereocenters. The standard InChI is InChI=1S/C23H16N4O2/c1-29-17-10-16(12-25-13-17)21-19(20-8-4-5-9-26-20)14-27-23(28)22(21)18-7-3-2-6-15(18)11-24/h2-10,12-14H,1H3,(H,27,28). The molecule has 0 radical (unpaired) electrons. The summed E-state index contributed by atoms with van der Waals surface area (Å²) in [5, 5.41) is 9.59. The van der Waals surface area contributed by atoms with E-state index in [2.05, 4.69) is 21.0 Å². The number of aromatic amines is 1. The SMILES string of the molecule is COc1cncc(-c2c(-c3ccccn3)c[nH]c(=O)c2-c2ccccc2C#N)c1. The van der Waals surface area contributed by atoms with Gasteiger partial charge in [-0.25, -0.2) is 0 Å². The average molecular weight is 380 g/mol. The van der Waals surface area contributed by atoms with E-state index < -0.39 is 0 Å². The van der Waals surface area contributed by atoms with Crippen LogP contribution in [0.2, 0.25) is 0 Å². The van der Waals surface area contributed by atoms with Crippen molar-refractivity contribution in [2.24, 2.45) is 0 Å². The normalized spacial score (nSPS) is 10.3. The molecule has 0 amide bonds. The second-order valence-corrected chi connectivity index (χ2v) is 6.27. The Balaban J connectivity index is 2.13. The maximum absolute atomic E-state index is 13.0. The van der Waals surface area contributed by atoms with Gasteiger partial charge in [0.05, 0.1) is 36.2 Å². The molecule has 0 aliphatic carbocycles. The highest BCUT2D eigenvalue weighted by molar-refractivity contribution is 5.94. The van der Waals surface area contributed by atoms with Gasteiger partial charge in [-0.05, 0) is 24.3 Å². The Morgan fingerprint density at radius 2 is 1.86 bits per heavy atom. The van der Waals surface area contributed by atoms with Crippen molar-refractivity contribution in [1.82, 2.24) is 15.0 Å². The van der Waals surface area contributed by atoms with Gasteiger partial charge in [0.25, 0.3) is 5.56 Å². The Morgan fingerprint density at radius 3 is 2.62 bits per heavy atom. The number of nitrogens with one attached hydrogen (secondary N) is 1. The molecule has 1 aromatic carbocycles. The van der Waals surface area contributed by atoms with Crippen LogP contribution in [0.3, 0.4) is 0 Å². The number of ether oxygens (including phenoxy) is 1. The van der Waals surface area contributed by atoms with Crippen LogP contribution in [0.25, 0.3) is 33.5 Å². The van der Waals surface area contributed by atoms with Gasteiger partial charge in [-0.1, -0.05) is 24.3 Å². The third-order valence-electron chi connectivity index (χ3n) is 4.59. The predicted octanol–water partition coefficient (Wildman–Crippen LogP) is 4.05. The van der Waals surface area contributed by atoms with Crippen molar-refractivity contribution in [3.63, 3.8) is 0 Å². The van der Waals surface area contributed by atoms with E-state index >= 15 is 0 Å². The number of benzene rings is 1. The molecular weight excluding hydrogens is 364 g/mol. The van der Waals surface area contributed by atoms with Gasteiger partial charge in [0.15, 0.2) is 0 Å². The van der Waals surface area contributed by atoms with Gasteiger partial charge in [-0.3, -0.25) is 14.8 Å². The van der Waals surface area contributed by atoms with Gasteiger partial charge in [0.2, 0.25) is 0 Å². The fourth-order valence-corrected chi connectivity index (χ4v) is 3.28. The number of H-pyrrole nitrogens is 1. The maximum atomic E-state index is 13.0. The summed E-state index contributed by atoms with van der Waals surface area (Å²) in [5.41, 5.74) is 3.80. The van der Waals surface area contributed by atoms with Gasteiger partial charge in [-0.15, -0.1) is 0 Å². The van der Waals surface area contributed by atoms with Crippen LogP contribution in [0, 0.1) is 11.3 Å². The minimum absolute atomic E-state index is 0.301. The summed E-state index contributed by atoms with van der Waals surface area (Å²) in [5.74, 6) is 0.564. The highest BCUT2D eigenvalue weighted by Crippen LogP contribution is 2.38. The summed E-state index contributed by atoms with van der Waals surface area (Å²) in [6.07, 6.45) is 6.59. The molecule has 0 aliphatic heterocycles. The Labute approximate surface area is 167 Å². The third kappa shape index (κ3) is 3.37. The van der Waals surface area contributed by atoms with E-state index in [1.54, 1.807) is 56.2 Å². The largest absolute Gasteiger partial charge is 0.495 e. The zero-order valence-electron chi connectivity index (χ0n) is 15.6. The Bertz CT molecular complexity index is 1270. The highest BCUT2D eigenvalue weighted by atomic mass is 16.5. The van der Waals surface area contributed by atoms with Crippen LogP contribution >= 0.6 is 0 Å². The van der Waals surface area contributed by atoms with E-state index in [9.17, 15) is 10.1 Å². The van der Waals surface area contributed by atoms with Crippen LogP contribution in [-0.2, 0) is 0 Å². The fraction of sp³-hybridized carbons (Fsp3) is 0.0435. The van der Waals surface area contributed by atoms with Crippen molar-refractivity contribution in [1.29, 1.82) is 5.26 Å². The van der Waals surface area contributed by atoms with Crippen LogP contribution < -0.4 is 10.3 Å². The number of aromatic nitrogens is 3. The van der Waals surface area contributed by atoms with E-state index in [1.165, 1.54) is 0 Å². The van der Waals surface area contributed by atoms with Crippen LogP contribution in [0.15, 0.2) is 78.1 Å². The molecule has 3 aromatic heterocycles. The van der Waals surface area contributed by atoms with Crippen molar-refractivity contribution >= 4 is 0 Å². The number of rotatable bonds is 4. The zero-order chi connectivity index (χ0) is 20.2. The van der Waals surface area contributed by atoms with Crippen molar-refractivity contribution in [2.75, 3.05) is 7.11 Å². The summed E-state index contributed by atoms with van der Waals surface area (Å²) in [4.78, 5) is 24.5. The van der Waals surface area contributed by atoms with Crippen molar-refractivity contribution in [3.8, 4) is 45.3 Å². The van der Waals surface area contributed by atoms with E-state index in [0.29, 0.717) is 39.3 Å². The lowest BCUT2D eigenvalue weighted by molar-refractivity contribution is 0.413. The molecule has 140 valence electrons. The first kappa shape index (κ1) is 18.1. The summed E-state index contributed by atoms with van der Waals surface area (Å²) in [6, 6.07) is 16.6. The fourth-order valence-electron chi connectivity index (χ4n) is 3.28. The highest BCUT2D eigenvalue weighted by Gasteiger charge is 2.20. The molecule has 3 heterocycles. The first-order valence-corrected chi connectivity index (χ1v) is 8.89. The minimum atomic E-state index is -0.301. The van der Waals surface area contributed by atoms with E-state index in [0.717, 1.165) is 5.56 Å². The maximum Gasteiger partial charge on any atom is 0.256 e. The van der Waals surface area contributed by atoms with Crippen LogP contribution in [0.4, 0.5) is 0 Å². The quantitative estimate of drug-likeness (QED) is 0.577. The van der Waals surface area contributed by atoms with Gasteiger partial charge < -0.3 is 9.72 Å². The molecule has 0 fully saturated rings. The molecule has 0 unspecified atom stereocenters. The average Bonchev–Trinajstić information content (AvgIpc) is 2.79. The molecule has 6 nitrogen and oxygen atoms in total. The Morgan fingerprint density at radius 1 is 1.03 bits per heavy atom. The number of hydrogen-bond acceptors (Lipinski definition) is 5. The van der Waals surface area contributed by atoms with E-state index in [4.69, 9.17) is 4.74 Å². The van der Waals surface area contributed by atoms with Gasteiger partial charge in [-0.2, -0.15) is 5.26 Å². The lowest BCUT2D eigenvalue weighted by atomic mass is 9.90. The molecule has 4 aromatic rings. The van der Waals surface area contributed by atoms with Crippen LogP contribution in [0.1, 0.15) is 5.56 Å². The third-order valence-corrected chi connectivity index (χ3v) is 4.59. The molecule has 0 saturated carbocycles. The molecule has 6 heteroatoms. The van der Waals surface area contributed by atoms with Gasteiger partial charge in [0.1, 0.15) is 5.75 Å². The molecule has 29 heavy (non-hydrogen) atoms. The number of hydrogen-bond donors (Lipinski definition) is 1. The van der Waals surface area contributed by atoms with Crippen molar-refractivity contribution in [3.05, 3.63) is 89.2 Å². The Hall–Kier alpha value is -4.24. The van der Waals surface area contributed by atoms with Crippen molar-refractivity contribution < 1.29 is 4.74 Å². The zero-order valence-corrected chi connectivity index (χ0v) is 15.6. The van der Waals surface area contributed by atoms with E-state index in [1.807, 2.05) is 24.3 Å². The predicted molar refractivity (Wildman–Crippen MR) is 110 cm³/mol. The molecule has 0 spiro atoms. The number of methoxy groups -OCH3 is 1. The number of nitrogens with zero attached hydrogens (tertiary/aromatic N) is 3. The monoisotopic (exact) mass is 380 g/mol. The van der Waals surface area contributed by atoms with Crippen molar-refractivity contribution in [2.45, 2.75) is 0 Å². The Kier molecular flexibility index (Phi) is 4.87. The smallest absolute Gasteiger partial charge is 0.256 e. The van der Waals surface area contributed by atoms with E-state index in [-0.39, 0.29) is 5.56 Å². The first-order valence-electron chi connectivity index (χ1n) is 8.89. The topological polar surface area (TPSA) is 91.7 Å².